The third kappa shape index (κ3) is 4.90. The van der Waals surface area contributed by atoms with Gasteiger partial charge in [0, 0.05) is 37.2 Å². The smallest absolute Gasteiger partial charge is 0.254 e. The number of carbonyl (C=O) groups excluding carboxylic acids is 1. The summed E-state index contributed by atoms with van der Waals surface area (Å²) in [5.41, 5.74) is 1.23. The van der Waals surface area contributed by atoms with Crippen LogP contribution < -0.4 is 14.2 Å². The molecular weight excluding hydrogens is 406 g/mol. The zero-order valence-corrected chi connectivity index (χ0v) is 17.4. The van der Waals surface area contributed by atoms with E-state index in [1.54, 1.807) is 4.90 Å². The van der Waals surface area contributed by atoms with Crippen molar-refractivity contribution in [2.24, 2.45) is 0 Å². The molecule has 3 rings (SSSR count). The van der Waals surface area contributed by atoms with Crippen molar-refractivity contribution < 1.29 is 22.7 Å². The minimum atomic E-state index is -3.72. The van der Waals surface area contributed by atoms with E-state index in [2.05, 4.69) is 4.72 Å². The molecule has 1 amide bonds. The zero-order valence-electron chi connectivity index (χ0n) is 16.6. The van der Waals surface area contributed by atoms with Gasteiger partial charge in [-0.1, -0.05) is 12.1 Å². The van der Waals surface area contributed by atoms with Gasteiger partial charge in [0.15, 0.2) is 11.5 Å². The van der Waals surface area contributed by atoms with E-state index in [1.165, 1.54) is 24.3 Å². The number of nitrogens with one attached hydrogen (secondary N) is 1. The highest BCUT2D eigenvalue weighted by atomic mass is 32.2. The Kier molecular flexibility index (Phi) is 6.92. The molecule has 0 radical (unpaired) electrons. The second kappa shape index (κ2) is 9.61. The molecule has 2 aromatic carbocycles. The number of para-hydroxylation sites is 1. The van der Waals surface area contributed by atoms with E-state index in [4.69, 9.17) is 14.7 Å². The molecule has 0 aromatic heterocycles. The first-order valence-corrected chi connectivity index (χ1v) is 11.1. The van der Waals surface area contributed by atoms with Gasteiger partial charge in [-0.2, -0.15) is 5.26 Å². The molecule has 1 aliphatic rings. The van der Waals surface area contributed by atoms with Crippen LogP contribution in [0.25, 0.3) is 0 Å². The SMILES string of the molecule is CCN(Cc1cccc2c1OCCO2)C(=O)c1ccc(S(=O)(=O)NCCC#N)cc1. The third-order valence-electron chi connectivity index (χ3n) is 4.62. The maximum Gasteiger partial charge on any atom is 0.254 e. The molecule has 0 saturated carbocycles. The first-order chi connectivity index (χ1) is 14.5. The lowest BCUT2D eigenvalue weighted by molar-refractivity contribution is 0.0749. The maximum absolute atomic E-state index is 13.0. The van der Waals surface area contributed by atoms with Gasteiger partial charge in [-0.3, -0.25) is 4.79 Å². The van der Waals surface area contributed by atoms with Crippen LogP contribution in [0.3, 0.4) is 0 Å². The Hall–Kier alpha value is -3.09. The van der Waals surface area contributed by atoms with Crippen molar-refractivity contribution in [2.45, 2.75) is 24.8 Å². The van der Waals surface area contributed by atoms with Gasteiger partial charge in [-0.15, -0.1) is 0 Å². The van der Waals surface area contributed by atoms with Crippen LogP contribution >= 0.6 is 0 Å². The van der Waals surface area contributed by atoms with Crippen LogP contribution in [0, 0.1) is 11.3 Å². The lowest BCUT2D eigenvalue weighted by Gasteiger charge is -2.25. The number of sulfonamides is 1. The second-order valence-electron chi connectivity index (χ2n) is 6.59. The molecule has 1 heterocycles. The van der Waals surface area contributed by atoms with E-state index in [9.17, 15) is 13.2 Å². The number of hydrogen-bond acceptors (Lipinski definition) is 6. The van der Waals surface area contributed by atoms with E-state index in [0.29, 0.717) is 43.4 Å². The molecule has 0 saturated heterocycles. The number of fused-ring (bicyclic) bond motifs is 1. The van der Waals surface area contributed by atoms with Crippen molar-refractivity contribution in [3.63, 3.8) is 0 Å². The van der Waals surface area contributed by atoms with E-state index in [-0.39, 0.29) is 23.8 Å². The molecule has 1 N–H and O–H groups in total. The molecule has 30 heavy (non-hydrogen) atoms. The van der Waals surface area contributed by atoms with Crippen molar-refractivity contribution in [3.8, 4) is 17.6 Å². The molecular formula is C21H23N3O5S. The molecule has 158 valence electrons. The fourth-order valence-corrected chi connectivity index (χ4v) is 4.11. The van der Waals surface area contributed by atoms with Crippen molar-refractivity contribution in [1.82, 2.24) is 9.62 Å². The van der Waals surface area contributed by atoms with Gasteiger partial charge in [0.1, 0.15) is 13.2 Å². The average molecular weight is 429 g/mol. The highest BCUT2D eigenvalue weighted by Gasteiger charge is 2.21. The van der Waals surface area contributed by atoms with Gasteiger partial charge >= 0.3 is 0 Å². The van der Waals surface area contributed by atoms with Crippen LogP contribution in [0.15, 0.2) is 47.4 Å². The number of ether oxygens (including phenoxy) is 2. The van der Waals surface area contributed by atoms with Gasteiger partial charge in [-0.25, -0.2) is 13.1 Å². The van der Waals surface area contributed by atoms with Crippen LogP contribution in [0.5, 0.6) is 11.5 Å². The predicted molar refractivity (Wildman–Crippen MR) is 110 cm³/mol. The first kappa shape index (κ1) is 21.6. The van der Waals surface area contributed by atoms with Crippen molar-refractivity contribution in [1.29, 1.82) is 5.26 Å². The third-order valence-corrected chi connectivity index (χ3v) is 6.10. The summed E-state index contributed by atoms with van der Waals surface area (Å²) in [5, 5.41) is 8.54. The number of nitriles is 1. The average Bonchev–Trinajstić information content (AvgIpc) is 2.77. The summed E-state index contributed by atoms with van der Waals surface area (Å²) in [4.78, 5) is 14.7. The Bertz CT molecular complexity index is 1050. The molecule has 0 spiro atoms. The highest BCUT2D eigenvalue weighted by molar-refractivity contribution is 7.89. The topological polar surface area (TPSA) is 109 Å². The van der Waals surface area contributed by atoms with E-state index >= 15 is 0 Å². The number of nitrogens with zero attached hydrogens (tertiary/aromatic N) is 2. The number of amides is 1. The van der Waals surface area contributed by atoms with E-state index < -0.39 is 10.0 Å². The van der Waals surface area contributed by atoms with Crippen molar-refractivity contribution in [3.05, 3.63) is 53.6 Å². The lowest BCUT2D eigenvalue weighted by atomic mass is 10.1. The Morgan fingerprint density at radius 2 is 1.90 bits per heavy atom. The summed E-state index contributed by atoms with van der Waals surface area (Å²) in [6, 6.07) is 13.2. The molecule has 0 aliphatic carbocycles. The monoisotopic (exact) mass is 429 g/mol. The quantitative estimate of drug-likeness (QED) is 0.645. The van der Waals surface area contributed by atoms with Crippen molar-refractivity contribution >= 4 is 15.9 Å². The van der Waals surface area contributed by atoms with E-state index in [0.717, 1.165) is 5.56 Å². The van der Waals surface area contributed by atoms with Crippen LogP contribution in [0.1, 0.15) is 29.3 Å². The van der Waals surface area contributed by atoms with Gasteiger partial charge in [0.2, 0.25) is 10.0 Å². The Morgan fingerprint density at radius 3 is 2.60 bits per heavy atom. The lowest BCUT2D eigenvalue weighted by Crippen LogP contribution is -2.31. The molecule has 0 unspecified atom stereocenters. The Balaban J connectivity index is 1.74. The molecule has 0 bridgehead atoms. The number of rotatable bonds is 8. The fourth-order valence-electron chi connectivity index (χ4n) is 3.08. The summed E-state index contributed by atoms with van der Waals surface area (Å²) in [7, 11) is -3.72. The maximum atomic E-state index is 13.0. The number of hydrogen-bond donors (Lipinski definition) is 1. The summed E-state index contributed by atoms with van der Waals surface area (Å²) in [6.07, 6.45) is 0.0825. The molecule has 9 heteroatoms. The second-order valence-corrected chi connectivity index (χ2v) is 8.36. The molecule has 1 aliphatic heterocycles. The van der Waals surface area contributed by atoms with Gasteiger partial charge in [0.25, 0.3) is 5.91 Å². The van der Waals surface area contributed by atoms with Crippen molar-refractivity contribution in [2.75, 3.05) is 26.3 Å². The minimum Gasteiger partial charge on any atom is -0.486 e. The normalized spacial score (nSPS) is 12.8. The van der Waals surface area contributed by atoms with Gasteiger partial charge in [0.05, 0.1) is 11.0 Å². The highest BCUT2D eigenvalue weighted by Crippen LogP contribution is 2.34. The summed E-state index contributed by atoms with van der Waals surface area (Å²) in [5.74, 6) is 1.11. The first-order valence-electron chi connectivity index (χ1n) is 9.59. The standard InChI is InChI=1S/C21H23N3O5S/c1-2-24(15-17-5-3-6-19-20(17)29-14-13-28-19)21(25)16-7-9-18(10-8-16)30(26,27)23-12-4-11-22/h3,5-10,23H,2,4,12-15H2,1H3. The summed E-state index contributed by atoms with van der Waals surface area (Å²) < 4.78 is 38.1. The number of carbonyl (C=O) groups is 1. The van der Waals surface area contributed by atoms with Crippen LogP contribution in [0.2, 0.25) is 0 Å². The summed E-state index contributed by atoms with van der Waals surface area (Å²) in [6.45, 7) is 3.69. The summed E-state index contributed by atoms with van der Waals surface area (Å²) >= 11 is 0. The van der Waals surface area contributed by atoms with Gasteiger partial charge in [-0.05, 0) is 37.3 Å². The minimum absolute atomic E-state index is 0.0380. The predicted octanol–water partition coefficient (Wildman–Crippen LogP) is 2.31. The molecule has 0 fully saturated rings. The van der Waals surface area contributed by atoms with Crippen LogP contribution in [-0.4, -0.2) is 45.5 Å². The zero-order chi connectivity index (χ0) is 21.6. The Morgan fingerprint density at radius 1 is 1.17 bits per heavy atom. The van der Waals surface area contributed by atoms with Crippen LogP contribution in [-0.2, 0) is 16.6 Å². The van der Waals surface area contributed by atoms with E-state index in [1.807, 2.05) is 31.2 Å². The fraction of sp³-hybridized carbons (Fsp3) is 0.333. The molecule has 2 aromatic rings. The number of benzene rings is 2. The van der Waals surface area contributed by atoms with Crippen LogP contribution in [0.4, 0.5) is 0 Å². The largest absolute Gasteiger partial charge is 0.486 e. The molecule has 0 atom stereocenters. The Labute approximate surface area is 176 Å². The molecule has 8 nitrogen and oxygen atoms in total. The van der Waals surface area contributed by atoms with Gasteiger partial charge < -0.3 is 14.4 Å².